The van der Waals surface area contributed by atoms with Crippen LogP contribution in [-0.4, -0.2) is 6.54 Å². The zero-order valence-electron chi connectivity index (χ0n) is 8.21. The molecule has 4 aliphatic carbocycles. The molecule has 0 atom stereocenters. The van der Waals surface area contributed by atoms with Crippen molar-refractivity contribution in [2.24, 2.45) is 35.4 Å². The molecular formula is C11H20N2. The minimum absolute atomic E-state index is 0.915. The number of hydrogen-bond acceptors (Lipinski definition) is 2. The van der Waals surface area contributed by atoms with Crippen LogP contribution in [-0.2, 0) is 0 Å². The van der Waals surface area contributed by atoms with Crippen molar-refractivity contribution < 1.29 is 0 Å². The predicted molar refractivity (Wildman–Crippen MR) is 52.7 cm³/mol. The Labute approximate surface area is 80.2 Å². The third-order valence-corrected chi connectivity index (χ3v) is 4.78. The Bertz CT molecular complexity index is 174. The van der Waals surface area contributed by atoms with E-state index in [4.69, 9.17) is 5.84 Å². The second-order valence-corrected chi connectivity index (χ2v) is 5.50. The first-order valence-electron chi connectivity index (χ1n) is 5.80. The van der Waals surface area contributed by atoms with Gasteiger partial charge in [0.15, 0.2) is 0 Å². The Balaban J connectivity index is 1.77. The summed E-state index contributed by atoms with van der Waals surface area (Å²) in [6.45, 7) is 1.06. The highest BCUT2D eigenvalue weighted by Crippen LogP contribution is 2.56. The highest BCUT2D eigenvalue weighted by atomic mass is 15.2. The van der Waals surface area contributed by atoms with Gasteiger partial charge in [-0.1, -0.05) is 0 Å². The number of hydrogen-bond donors (Lipinski definition) is 2. The SMILES string of the molecule is NNCC1C2CC3CC(C2)CC1C3. The molecule has 3 N–H and O–H groups in total. The summed E-state index contributed by atoms with van der Waals surface area (Å²) in [6.07, 6.45) is 7.60. The second kappa shape index (κ2) is 2.96. The Morgan fingerprint density at radius 3 is 1.92 bits per heavy atom. The maximum absolute atomic E-state index is 5.46. The fourth-order valence-corrected chi connectivity index (χ4v) is 4.51. The van der Waals surface area contributed by atoms with Gasteiger partial charge in [0, 0.05) is 6.54 Å². The van der Waals surface area contributed by atoms with Crippen molar-refractivity contribution in [2.75, 3.05) is 6.54 Å². The average molecular weight is 180 g/mol. The first-order chi connectivity index (χ1) is 6.36. The molecule has 0 amide bonds. The molecule has 0 aliphatic heterocycles. The molecule has 0 spiro atoms. The van der Waals surface area contributed by atoms with Crippen molar-refractivity contribution in [3.8, 4) is 0 Å². The highest BCUT2D eigenvalue weighted by molar-refractivity contribution is 4.98. The van der Waals surface area contributed by atoms with Crippen LogP contribution in [0, 0.1) is 29.6 Å². The normalized spacial score (nSPS) is 52.8. The van der Waals surface area contributed by atoms with Crippen LogP contribution < -0.4 is 11.3 Å². The average Bonchev–Trinajstić information content (AvgIpc) is 2.10. The van der Waals surface area contributed by atoms with E-state index >= 15 is 0 Å². The number of nitrogens with one attached hydrogen (secondary N) is 1. The summed E-state index contributed by atoms with van der Waals surface area (Å²) in [5.41, 5.74) is 2.90. The van der Waals surface area contributed by atoms with Crippen LogP contribution in [0.15, 0.2) is 0 Å². The molecule has 4 bridgehead atoms. The topological polar surface area (TPSA) is 38.0 Å². The lowest BCUT2D eigenvalue weighted by Gasteiger charge is -2.54. The molecule has 4 fully saturated rings. The van der Waals surface area contributed by atoms with E-state index in [-0.39, 0.29) is 0 Å². The monoisotopic (exact) mass is 180 g/mol. The van der Waals surface area contributed by atoms with Crippen molar-refractivity contribution in [1.82, 2.24) is 5.43 Å². The Hall–Kier alpha value is -0.0800. The quantitative estimate of drug-likeness (QED) is 0.499. The van der Waals surface area contributed by atoms with Crippen LogP contribution in [0.4, 0.5) is 0 Å². The number of nitrogens with two attached hydrogens (primary N) is 1. The minimum atomic E-state index is 0.915. The highest BCUT2D eigenvalue weighted by Gasteiger charge is 2.47. The van der Waals surface area contributed by atoms with E-state index in [1.807, 2.05) is 0 Å². The van der Waals surface area contributed by atoms with E-state index in [1.165, 1.54) is 25.7 Å². The van der Waals surface area contributed by atoms with Gasteiger partial charge in [-0.2, -0.15) is 0 Å². The van der Waals surface area contributed by atoms with Crippen LogP contribution >= 0.6 is 0 Å². The maximum atomic E-state index is 5.46. The van der Waals surface area contributed by atoms with E-state index in [0.717, 1.165) is 36.1 Å². The van der Waals surface area contributed by atoms with Gasteiger partial charge >= 0.3 is 0 Å². The van der Waals surface area contributed by atoms with E-state index < -0.39 is 0 Å². The summed E-state index contributed by atoms with van der Waals surface area (Å²) < 4.78 is 0. The first-order valence-corrected chi connectivity index (χ1v) is 5.80. The van der Waals surface area contributed by atoms with Gasteiger partial charge < -0.3 is 0 Å². The molecule has 0 aromatic carbocycles. The molecule has 4 saturated carbocycles. The van der Waals surface area contributed by atoms with Gasteiger partial charge in [0.05, 0.1) is 0 Å². The van der Waals surface area contributed by atoms with E-state index in [0.29, 0.717) is 0 Å². The van der Waals surface area contributed by atoms with Gasteiger partial charge in [-0.05, 0) is 61.7 Å². The van der Waals surface area contributed by atoms with Gasteiger partial charge in [0.25, 0.3) is 0 Å². The zero-order chi connectivity index (χ0) is 8.84. The van der Waals surface area contributed by atoms with Crippen LogP contribution in [0.1, 0.15) is 32.1 Å². The lowest BCUT2D eigenvalue weighted by Crippen LogP contribution is -2.49. The summed E-state index contributed by atoms with van der Waals surface area (Å²) in [5.74, 6) is 10.6. The van der Waals surface area contributed by atoms with Gasteiger partial charge in [-0.15, -0.1) is 0 Å². The molecule has 2 heteroatoms. The van der Waals surface area contributed by atoms with Gasteiger partial charge in [0.2, 0.25) is 0 Å². The lowest BCUT2D eigenvalue weighted by molar-refractivity contribution is -0.0354. The van der Waals surface area contributed by atoms with E-state index in [9.17, 15) is 0 Å². The summed E-state index contributed by atoms with van der Waals surface area (Å²) in [6, 6.07) is 0. The van der Waals surface area contributed by atoms with E-state index in [1.54, 1.807) is 6.42 Å². The third-order valence-electron chi connectivity index (χ3n) is 4.78. The smallest absolute Gasteiger partial charge is 0.0131 e. The fourth-order valence-electron chi connectivity index (χ4n) is 4.51. The van der Waals surface area contributed by atoms with Crippen LogP contribution in [0.5, 0.6) is 0 Å². The Morgan fingerprint density at radius 2 is 1.46 bits per heavy atom. The predicted octanol–water partition coefficient (Wildman–Crippen LogP) is 1.52. The summed E-state index contributed by atoms with van der Waals surface area (Å²) in [4.78, 5) is 0. The molecule has 0 radical (unpaired) electrons. The summed E-state index contributed by atoms with van der Waals surface area (Å²) >= 11 is 0. The van der Waals surface area contributed by atoms with Gasteiger partial charge in [0.1, 0.15) is 0 Å². The van der Waals surface area contributed by atoms with Gasteiger partial charge in [-0.25, -0.2) is 0 Å². The molecule has 4 rings (SSSR count). The van der Waals surface area contributed by atoms with Crippen molar-refractivity contribution in [3.63, 3.8) is 0 Å². The molecule has 74 valence electrons. The third kappa shape index (κ3) is 1.23. The molecule has 0 heterocycles. The van der Waals surface area contributed by atoms with Gasteiger partial charge in [-0.3, -0.25) is 11.3 Å². The molecule has 0 saturated heterocycles. The second-order valence-electron chi connectivity index (χ2n) is 5.50. The molecule has 13 heavy (non-hydrogen) atoms. The number of rotatable bonds is 2. The molecule has 0 aromatic rings. The largest absolute Gasteiger partial charge is 0.271 e. The van der Waals surface area contributed by atoms with Crippen molar-refractivity contribution >= 4 is 0 Å². The summed E-state index contributed by atoms with van der Waals surface area (Å²) in [7, 11) is 0. The maximum Gasteiger partial charge on any atom is 0.0131 e. The Kier molecular flexibility index (Phi) is 1.88. The molecule has 2 nitrogen and oxygen atoms in total. The van der Waals surface area contributed by atoms with Crippen molar-refractivity contribution in [2.45, 2.75) is 32.1 Å². The van der Waals surface area contributed by atoms with Crippen molar-refractivity contribution in [3.05, 3.63) is 0 Å². The van der Waals surface area contributed by atoms with Crippen LogP contribution in [0.3, 0.4) is 0 Å². The Morgan fingerprint density at radius 1 is 0.923 bits per heavy atom. The fraction of sp³-hybridized carbons (Fsp3) is 1.00. The molecule has 4 aliphatic rings. The first kappa shape index (κ1) is 8.25. The standard InChI is InChI=1S/C11H20N2/c12-13-6-11-9-2-7-1-8(4-9)5-10(11)3-7/h7-11,13H,1-6,12H2. The number of hydrazine groups is 1. The van der Waals surface area contributed by atoms with Crippen molar-refractivity contribution in [1.29, 1.82) is 0 Å². The summed E-state index contributed by atoms with van der Waals surface area (Å²) in [5, 5.41) is 0. The molecule has 0 aromatic heterocycles. The zero-order valence-corrected chi connectivity index (χ0v) is 8.21. The van der Waals surface area contributed by atoms with Crippen LogP contribution in [0.25, 0.3) is 0 Å². The van der Waals surface area contributed by atoms with Crippen LogP contribution in [0.2, 0.25) is 0 Å². The van der Waals surface area contributed by atoms with E-state index in [2.05, 4.69) is 5.43 Å². The molecule has 0 unspecified atom stereocenters. The minimum Gasteiger partial charge on any atom is -0.271 e. The lowest BCUT2D eigenvalue weighted by atomic mass is 9.52. The molecular weight excluding hydrogens is 160 g/mol.